The Bertz CT molecular complexity index is 491. The average Bonchev–Trinajstić information content (AvgIpc) is 2.51. The molecule has 1 aromatic carbocycles. The first-order valence-corrected chi connectivity index (χ1v) is 8.21. The second kappa shape index (κ2) is 11.3. The van der Waals surface area contributed by atoms with Crippen LogP contribution < -0.4 is 10.1 Å². The summed E-state index contributed by atoms with van der Waals surface area (Å²) in [4.78, 5) is 22.1. The van der Waals surface area contributed by atoms with E-state index < -0.39 is 17.7 Å². The summed E-state index contributed by atoms with van der Waals surface area (Å²) in [5, 5.41) is 11.5. The SMILES string of the molecule is CC.CC(C)(C)OC(=O)NCCCCOc1ccc(C(=O)O)cc1. The van der Waals surface area contributed by atoms with Crippen molar-refractivity contribution in [2.75, 3.05) is 13.2 Å². The van der Waals surface area contributed by atoms with Gasteiger partial charge in [-0.3, -0.25) is 0 Å². The Labute approximate surface area is 144 Å². The summed E-state index contributed by atoms with van der Waals surface area (Å²) in [6, 6.07) is 6.26. The summed E-state index contributed by atoms with van der Waals surface area (Å²) >= 11 is 0. The van der Waals surface area contributed by atoms with E-state index in [1.54, 1.807) is 12.1 Å². The van der Waals surface area contributed by atoms with E-state index in [2.05, 4.69) is 5.32 Å². The summed E-state index contributed by atoms with van der Waals surface area (Å²) in [5.41, 5.74) is -0.260. The van der Waals surface area contributed by atoms with Crippen LogP contribution in [0, 0.1) is 0 Å². The standard InChI is InChI=1S/C16H23NO5.C2H6/c1-16(2,3)22-15(20)17-10-4-5-11-21-13-8-6-12(7-9-13)14(18)19;1-2/h6-9H,4-5,10-11H2,1-3H3,(H,17,20)(H,18,19);1-2H3. The van der Waals surface area contributed by atoms with Gasteiger partial charge in [-0.05, 0) is 57.9 Å². The number of aromatic carboxylic acids is 1. The predicted octanol–water partition coefficient (Wildman–Crippen LogP) is 4.09. The van der Waals surface area contributed by atoms with E-state index in [9.17, 15) is 9.59 Å². The minimum absolute atomic E-state index is 0.230. The molecule has 1 rings (SSSR count). The molecule has 6 heteroatoms. The summed E-state index contributed by atoms with van der Waals surface area (Å²) in [5.74, 6) is -0.329. The number of ether oxygens (including phenoxy) is 2. The third-order valence-corrected chi connectivity index (χ3v) is 2.61. The Morgan fingerprint density at radius 2 is 1.67 bits per heavy atom. The van der Waals surface area contributed by atoms with E-state index in [1.807, 2.05) is 34.6 Å². The van der Waals surface area contributed by atoms with Gasteiger partial charge in [0.25, 0.3) is 0 Å². The van der Waals surface area contributed by atoms with Crippen LogP contribution in [-0.2, 0) is 4.74 Å². The topological polar surface area (TPSA) is 84.9 Å². The second-order valence-corrected chi connectivity index (χ2v) is 5.81. The van der Waals surface area contributed by atoms with Gasteiger partial charge in [0.15, 0.2) is 0 Å². The van der Waals surface area contributed by atoms with Crippen molar-refractivity contribution < 1.29 is 24.2 Å². The third-order valence-electron chi connectivity index (χ3n) is 2.61. The number of carboxylic acids is 1. The summed E-state index contributed by atoms with van der Waals surface area (Å²) < 4.78 is 10.6. The van der Waals surface area contributed by atoms with Crippen molar-refractivity contribution in [2.24, 2.45) is 0 Å². The number of hydrogen-bond acceptors (Lipinski definition) is 4. The summed E-state index contributed by atoms with van der Waals surface area (Å²) in [6.45, 7) is 10.5. The van der Waals surface area contributed by atoms with E-state index >= 15 is 0 Å². The molecule has 0 unspecified atom stereocenters. The molecular formula is C18H29NO5. The molecule has 0 bridgehead atoms. The minimum Gasteiger partial charge on any atom is -0.494 e. The van der Waals surface area contributed by atoms with Crippen molar-refractivity contribution in [3.63, 3.8) is 0 Å². The minimum atomic E-state index is -0.959. The molecule has 0 aromatic heterocycles. The van der Waals surface area contributed by atoms with Crippen LogP contribution >= 0.6 is 0 Å². The first kappa shape index (κ1) is 21.8. The molecule has 0 aliphatic rings. The Morgan fingerprint density at radius 1 is 1.08 bits per heavy atom. The smallest absolute Gasteiger partial charge is 0.407 e. The summed E-state index contributed by atoms with van der Waals surface area (Å²) in [7, 11) is 0. The molecular weight excluding hydrogens is 310 g/mol. The largest absolute Gasteiger partial charge is 0.494 e. The Balaban J connectivity index is 0.00000254. The predicted molar refractivity (Wildman–Crippen MR) is 93.7 cm³/mol. The lowest BCUT2D eigenvalue weighted by atomic mass is 10.2. The highest BCUT2D eigenvalue weighted by Gasteiger charge is 2.15. The van der Waals surface area contributed by atoms with Gasteiger partial charge in [-0.1, -0.05) is 13.8 Å². The van der Waals surface area contributed by atoms with E-state index in [0.29, 0.717) is 18.9 Å². The molecule has 0 aliphatic heterocycles. The molecule has 0 spiro atoms. The third kappa shape index (κ3) is 10.5. The van der Waals surface area contributed by atoms with Gasteiger partial charge in [-0.2, -0.15) is 0 Å². The summed E-state index contributed by atoms with van der Waals surface area (Å²) in [6.07, 6.45) is 1.13. The molecule has 24 heavy (non-hydrogen) atoms. The van der Waals surface area contributed by atoms with E-state index in [0.717, 1.165) is 12.8 Å². The molecule has 0 saturated heterocycles. The van der Waals surface area contributed by atoms with Gasteiger partial charge in [-0.25, -0.2) is 9.59 Å². The highest BCUT2D eigenvalue weighted by Crippen LogP contribution is 2.12. The molecule has 0 fully saturated rings. The normalized spacial score (nSPS) is 10.2. The fourth-order valence-corrected chi connectivity index (χ4v) is 1.62. The van der Waals surface area contributed by atoms with E-state index in [-0.39, 0.29) is 5.56 Å². The van der Waals surface area contributed by atoms with Crippen LogP contribution in [0.15, 0.2) is 24.3 Å². The zero-order chi connectivity index (χ0) is 18.6. The molecule has 2 N–H and O–H groups in total. The molecule has 0 saturated carbocycles. The van der Waals surface area contributed by atoms with Crippen LogP contribution in [-0.4, -0.2) is 35.9 Å². The van der Waals surface area contributed by atoms with Gasteiger partial charge < -0.3 is 19.9 Å². The highest BCUT2D eigenvalue weighted by molar-refractivity contribution is 5.87. The van der Waals surface area contributed by atoms with Crippen molar-refractivity contribution in [1.29, 1.82) is 0 Å². The van der Waals surface area contributed by atoms with Crippen LogP contribution in [0.2, 0.25) is 0 Å². The van der Waals surface area contributed by atoms with E-state index in [1.165, 1.54) is 12.1 Å². The van der Waals surface area contributed by atoms with Crippen LogP contribution in [0.3, 0.4) is 0 Å². The van der Waals surface area contributed by atoms with Crippen molar-refractivity contribution in [2.45, 2.75) is 53.1 Å². The monoisotopic (exact) mass is 339 g/mol. The number of hydrogen-bond donors (Lipinski definition) is 2. The molecule has 1 amide bonds. The maximum atomic E-state index is 11.4. The number of amides is 1. The highest BCUT2D eigenvalue weighted by atomic mass is 16.6. The maximum Gasteiger partial charge on any atom is 0.407 e. The zero-order valence-electron chi connectivity index (χ0n) is 15.2. The van der Waals surface area contributed by atoms with Crippen molar-refractivity contribution in [3.8, 4) is 5.75 Å². The molecule has 0 aliphatic carbocycles. The van der Waals surface area contributed by atoms with Gasteiger partial charge in [0, 0.05) is 6.54 Å². The number of carbonyl (C=O) groups is 2. The quantitative estimate of drug-likeness (QED) is 0.731. The molecule has 136 valence electrons. The van der Waals surface area contributed by atoms with Gasteiger partial charge in [0.2, 0.25) is 0 Å². The second-order valence-electron chi connectivity index (χ2n) is 5.81. The van der Waals surface area contributed by atoms with E-state index in [4.69, 9.17) is 14.6 Å². The zero-order valence-corrected chi connectivity index (χ0v) is 15.2. The van der Waals surface area contributed by atoms with Crippen LogP contribution in [0.4, 0.5) is 4.79 Å². The Hall–Kier alpha value is -2.24. The average molecular weight is 339 g/mol. The molecule has 0 atom stereocenters. The molecule has 6 nitrogen and oxygen atoms in total. The van der Waals surface area contributed by atoms with Gasteiger partial charge in [0.05, 0.1) is 12.2 Å². The van der Waals surface area contributed by atoms with Crippen LogP contribution in [0.5, 0.6) is 5.75 Å². The number of rotatable bonds is 7. The Morgan fingerprint density at radius 3 is 2.17 bits per heavy atom. The van der Waals surface area contributed by atoms with Gasteiger partial charge in [0.1, 0.15) is 11.4 Å². The fourth-order valence-electron chi connectivity index (χ4n) is 1.62. The lowest BCUT2D eigenvalue weighted by molar-refractivity contribution is 0.0525. The lowest BCUT2D eigenvalue weighted by Gasteiger charge is -2.19. The van der Waals surface area contributed by atoms with Crippen LogP contribution in [0.1, 0.15) is 57.8 Å². The van der Waals surface area contributed by atoms with Crippen LogP contribution in [0.25, 0.3) is 0 Å². The molecule has 0 heterocycles. The number of carbonyl (C=O) groups excluding carboxylic acids is 1. The molecule has 0 radical (unpaired) electrons. The van der Waals surface area contributed by atoms with Crippen molar-refractivity contribution in [3.05, 3.63) is 29.8 Å². The Kier molecular flexibility index (Phi) is 10.3. The fraction of sp³-hybridized carbons (Fsp3) is 0.556. The van der Waals surface area contributed by atoms with Crippen molar-refractivity contribution in [1.82, 2.24) is 5.32 Å². The lowest BCUT2D eigenvalue weighted by Crippen LogP contribution is -2.33. The maximum absolute atomic E-state index is 11.4. The number of unbranched alkanes of at least 4 members (excludes halogenated alkanes) is 1. The van der Waals surface area contributed by atoms with Gasteiger partial charge >= 0.3 is 12.1 Å². The number of nitrogens with one attached hydrogen (secondary N) is 1. The number of carboxylic acid groups (broad SMARTS) is 1. The first-order valence-electron chi connectivity index (χ1n) is 8.21. The van der Waals surface area contributed by atoms with Crippen molar-refractivity contribution >= 4 is 12.1 Å². The number of alkyl carbamates (subject to hydrolysis) is 1. The molecule has 1 aromatic rings. The first-order chi connectivity index (χ1) is 11.3. The van der Waals surface area contributed by atoms with Gasteiger partial charge in [-0.15, -0.1) is 0 Å². The number of benzene rings is 1.